The van der Waals surface area contributed by atoms with Crippen molar-refractivity contribution in [2.75, 3.05) is 0 Å². The van der Waals surface area contributed by atoms with Crippen molar-refractivity contribution in [1.29, 1.82) is 0 Å². The SMILES string of the molecule is c1ccc(-c2nc(-c3ccccc3)c3c(n2)oc2ccc(-c4ccc5c(c4)c4cccc6c4n5-c4ccccc4O6)cc23)cc1. The molecule has 0 bridgehead atoms. The molecular weight excluding hydrogens is 554 g/mol. The number of ether oxygens (including phenoxy) is 1. The first-order valence-corrected chi connectivity index (χ1v) is 15.0. The maximum Gasteiger partial charge on any atom is 0.231 e. The number of hydrogen-bond donors (Lipinski definition) is 0. The fraction of sp³-hybridized carbons (Fsp3) is 0. The summed E-state index contributed by atoms with van der Waals surface area (Å²) in [6.45, 7) is 0. The molecule has 0 atom stereocenters. The number of fused-ring (bicyclic) bond motifs is 8. The Morgan fingerprint density at radius 1 is 0.511 bits per heavy atom. The second-order valence-corrected chi connectivity index (χ2v) is 11.4. The van der Waals surface area contributed by atoms with E-state index in [1.54, 1.807) is 0 Å². The summed E-state index contributed by atoms with van der Waals surface area (Å²) in [7, 11) is 0. The standard InChI is InChI=1S/C40H23N3O2/c1-3-10-24(11-4-1)37-36-30-23-27(19-21-33(30)45-40(36)42-39(41-37)25-12-5-2-6-13-25)26-18-20-31-29(22-26)28-14-9-17-35-38(28)43(31)32-15-7-8-16-34(32)44-35/h1-23H. The highest BCUT2D eigenvalue weighted by molar-refractivity contribution is 6.14. The summed E-state index contributed by atoms with van der Waals surface area (Å²) < 4.78 is 15.0. The van der Waals surface area contributed by atoms with Crippen LogP contribution in [0.25, 0.3) is 83.3 Å². The summed E-state index contributed by atoms with van der Waals surface area (Å²) in [6, 6.07) is 47.9. The minimum Gasteiger partial charge on any atom is -0.453 e. The number of hydrogen-bond acceptors (Lipinski definition) is 4. The minimum atomic E-state index is 0.581. The first-order chi connectivity index (χ1) is 22.3. The molecule has 3 aromatic heterocycles. The molecule has 1 aliphatic heterocycles. The number of furan rings is 1. The molecule has 0 saturated carbocycles. The van der Waals surface area contributed by atoms with E-state index in [0.29, 0.717) is 11.5 Å². The van der Waals surface area contributed by atoms with Gasteiger partial charge in [-0.2, -0.15) is 4.98 Å². The molecule has 4 heterocycles. The predicted octanol–water partition coefficient (Wildman–Crippen LogP) is 10.6. The van der Waals surface area contributed by atoms with E-state index in [9.17, 15) is 0 Å². The molecule has 210 valence electrons. The monoisotopic (exact) mass is 577 g/mol. The fourth-order valence-corrected chi connectivity index (χ4v) is 6.77. The van der Waals surface area contributed by atoms with Crippen LogP contribution in [-0.4, -0.2) is 14.5 Å². The predicted molar refractivity (Wildman–Crippen MR) is 180 cm³/mol. The highest BCUT2D eigenvalue weighted by Gasteiger charge is 2.24. The molecule has 9 aromatic rings. The second kappa shape index (κ2) is 9.15. The van der Waals surface area contributed by atoms with Crippen LogP contribution in [0.1, 0.15) is 0 Å². The van der Waals surface area contributed by atoms with Crippen LogP contribution in [0.5, 0.6) is 11.5 Å². The number of nitrogens with zero attached hydrogens (tertiary/aromatic N) is 3. The minimum absolute atomic E-state index is 0.581. The molecular formula is C40H23N3O2. The van der Waals surface area contributed by atoms with Gasteiger partial charge in [-0.15, -0.1) is 0 Å². The van der Waals surface area contributed by atoms with Crippen molar-refractivity contribution in [3.05, 3.63) is 140 Å². The lowest BCUT2D eigenvalue weighted by Crippen LogP contribution is -2.03. The average Bonchev–Trinajstić information content (AvgIpc) is 3.65. The van der Waals surface area contributed by atoms with Crippen molar-refractivity contribution < 1.29 is 9.15 Å². The van der Waals surface area contributed by atoms with Gasteiger partial charge in [-0.1, -0.05) is 97.1 Å². The van der Waals surface area contributed by atoms with Crippen molar-refractivity contribution in [3.8, 4) is 51.0 Å². The molecule has 0 aliphatic carbocycles. The number of benzene rings is 6. The van der Waals surface area contributed by atoms with Gasteiger partial charge in [-0.25, -0.2) is 4.98 Å². The fourth-order valence-electron chi connectivity index (χ4n) is 6.77. The van der Waals surface area contributed by atoms with Gasteiger partial charge in [0.15, 0.2) is 17.3 Å². The largest absolute Gasteiger partial charge is 0.453 e. The van der Waals surface area contributed by atoms with E-state index in [-0.39, 0.29) is 0 Å². The first kappa shape index (κ1) is 24.3. The van der Waals surface area contributed by atoms with Gasteiger partial charge in [0, 0.05) is 27.3 Å². The lowest BCUT2D eigenvalue weighted by Gasteiger charge is -2.20. The van der Waals surface area contributed by atoms with Crippen molar-refractivity contribution in [2.24, 2.45) is 0 Å². The molecule has 0 saturated heterocycles. The Labute approximate surface area is 257 Å². The third-order valence-electron chi connectivity index (χ3n) is 8.82. The van der Waals surface area contributed by atoms with Gasteiger partial charge in [0.2, 0.25) is 5.71 Å². The van der Waals surface area contributed by atoms with Gasteiger partial charge >= 0.3 is 0 Å². The summed E-state index contributed by atoms with van der Waals surface area (Å²) in [5.41, 5.74) is 9.72. The van der Waals surface area contributed by atoms with Crippen LogP contribution in [0.2, 0.25) is 0 Å². The molecule has 1 aliphatic rings. The molecule has 0 spiro atoms. The lowest BCUT2D eigenvalue weighted by atomic mass is 9.99. The average molecular weight is 578 g/mol. The zero-order valence-electron chi connectivity index (χ0n) is 23.9. The Morgan fingerprint density at radius 3 is 2.07 bits per heavy atom. The van der Waals surface area contributed by atoms with Crippen LogP contribution < -0.4 is 4.74 Å². The lowest BCUT2D eigenvalue weighted by molar-refractivity contribution is 0.476. The van der Waals surface area contributed by atoms with E-state index in [4.69, 9.17) is 19.1 Å². The topological polar surface area (TPSA) is 53.1 Å². The van der Waals surface area contributed by atoms with Gasteiger partial charge in [-0.05, 0) is 53.6 Å². The van der Waals surface area contributed by atoms with E-state index >= 15 is 0 Å². The first-order valence-electron chi connectivity index (χ1n) is 15.0. The van der Waals surface area contributed by atoms with Crippen LogP contribution in [0.4, 0.5) is 0 Å². The molecule has 0 radical (unpaired) electrons. The van der Waals surface area contributed by atoms with Crippen molar-refractivity contribution >= 4 is 43.9 Å². The summed E-state index contributed by atoms with van der Waals surface area (Å²) >= 11 is 0. The Hall–Kier alpha value is -6.20. The van der Waals surface area contributed by atoms with Gasteiger partial charge in [0.1, 0.15) is 5.58 Å². The Kier molecular flexibility index (Phi) is 4.93. The van der Waals surface area contributed by atoms with Crippen molar-refractivity contribution in [3.63, 3.8) is 0 Å². The zero-order chi connectivity index (χ0) is 29.5. The molecule has 6 aromatic carbocycles. The number of para-hydroxylation sites is 3. The molecule has 0 N–H and O–H groups in total. The maximum atomic E-state index is 6.40. The third kappa shape index (κ3) is 3.55. The summed E-state index contributed by atoms with van der Waals surface area (Å²) in [5, 5.41) is 4.26. The second-order valence-electron chi connectivity index (χ2n) is 11.4. The number of rotatable bonds is 3. The maximum absolute atomic E-state index is 6.40. The van der Waals surface area contributed by atoms with Crippen LogP contribution in [0.3, 0.4) is 0 Å². The molecule has 0 fully saturated rings. The van der Waals surface area contributed by atoms with Crippen LogP contribution in [-0.2, 0) is 0 Å². The van der Waals surface area contributed by atoms with Gasteiger partial charge in [-0.3, -0.25) is 0 Å². The van der Waals surface area contributed by atoms with Crippen molar-refractivity contribution in [2.45, 2.75) is 0 Å². The zero-order valence-corrected chi connectivity index (χ0v) is 23.9. The quantitative estimate of drug-likeness (QED) is 0.210. The summed E-state index contributed by atoms with van der Waals surface area (Å²) in [4.78, 5) is 10.00. The smallest absolute Gasteiger partial charge is 0.231 e. The number of aromatic nitrogens is 3. The Morgan fingerprint density at radius 2 is 1.22 bits per heavy atom. The van der Waals surface area contributed by atoms with Crippen LogP contribution >= 0.6 is 0 Å². The summed E-state index contributed by atoms with van der Waals surface area (Å²) in [5.74, 6) is 2.38. The van der Waals surface area contributed by atoms with Crippen LogP contribution in [0.15, 0.2) is 144 Å². The van der Waals surface area contributed by atoms with E-state index in [2.05, 4.69) is 71.3 Å². The molecule has 0 amide bonds. The molecule has 10 rings (SSSR count). The van der Waals surface area contributed by atoms with Crippen molar-refractivity contribution in [1.82, 2.24) is 14.5 Å². The van der Waals surface area contributed by atoms with E-state index in [0.717, 1.165) is 72.5 Å². The van der Waals surface area contributed by atoms with Gasteiger partial charge < -0.3 is 13.7 Å². The highest BCUT2D eigenvalue weighted by Crippen LogP contribution is 2.46. The van der Waals surface area contributed by atoms with E-state index < -0.39 is 0 Å². The molecule has 5 heteroatoms. The molecule has 45 heavy (non-hydrogen) atoms. The van der Waals surface area contributed by atoms with Crippen LogP contribution in [0, 0.1) is 0 Å². The van der Waals surface area contributed by atoms with E-state index in [1.165, 1.54) is 10.8 Å². The third-order valence-corrected chi connectivity index (χ3v) is 8.82. The molecule has 5 nitrogen and oxygen atoms in total. The summed E-state index contributed by atoms with van der Waals surface area (Å²) in [6.07, 6.45) is 0. The molecule has 0 unspecified atom stereocenters. The van der Waals surface area contributed by atoms with E-state index in [1.807, 2.05) is 72.8 Å². The Balaban J connectivity index is 1.20. The Bertz CT molecular complexity index is 2620. The normalized spacial score (nSPS) is 12.2. The van der Waals surface area contributed by atoms with Gasteiger partial charge in [0.25, 0.3) is 0 Å². The van der Waals surface area contributed by atoms with Gasteiger partial charge in [0.05, 0.1) is 27.8 Å². The highest BCUT2D eigenvalue weighted by atomic mass is 16.5.